The Bertz CT molecular complexity index is 162. The second kappa shape index (κ2) is 6.49. The van der Waals surface area contributed by atoms with Gasteiger partial charge in [-0.1, -0.05) is 20.8 Å². The highest BCUT2D eigenvalue weighted by atomic mass is 15.0. The minimum absolute atomic E-state index is 0.654. The summed E-state index contributed by atoms with van der Waals surface area (Å²) in [5, 5.41) is 7.21. The Morgan fingerprint density at radius 3 is 2.53 bits per heavy atom. The zero-order chi connectivity index (χ0) is 11.3. The van der Waals surface area contributed by atoms with Gasteiger partial charge in [-0.05, 0) is 51.1 Å². The molecule has 2 heteroatoms. The molecule has 0 aromatic rings. The summed E-state index contributed by atoms with van der Waals surface area (Å²) >= 11 is 0. The van der Waals surface area contributed by atoms with E-state index >= 15 is 0 Å². The molecule has 90 valence electrons. The number of hydrogen-bond acceptors (Lipinski definition) is 2. The van der Waals surface area contributed by atoms with Crippen molar-refractivity contribution in [3.63, 3.8) is 0 Å². The van der Waals surface area contributed by atoms with Crippen LogP contribution in [0.3, 0.4) is 0 Å². The first-order valence-corrected chi connectivity index (χ1v) is 6.56. The van der Waals surface area contributed by atoms with Crippen LogP contribution in [0, 0.1) is 11.8 Å². The molecule has 3 atom stereocenters. The summed E-state index contributed by atoms with van der Waals surface area (Å²) in [6.45, 7) is 11.6. The zero-order valence-corrected chi connectivity index (χ0v) is 10.8. The molecule has 0 amide bonds. The quantitative estimate of drug-likeness (QED) is 0.706. The minimum atomic E-state index is 0.654. The SMILES string of the molecule is CC(CC1CCCN1)NCC(C)C(C)C. The fraction of sp³-hybridized carbons (Fsp3) is 1.00. The lowest BCUT2D eigenvalue weighted by Crippen LogP contribution is -2.36. The maximum absolute atomic E-state index is 3.65. The van der Waals surface area contributed by atoms with E-state index in [0.717, 1.165) is 24.4 Å². The molecule has 1 aliphatic rings. The van der Waals surface area contributed by atoms with Crippen LogP contribution in [0.15, 0.2) is 0 Å². The van der Waals surface area contributed by atoms with Gasteiger partial charge in [0.05, 0.1) is 0 Å². The Kier molecular flexibility index (Phi) is 5.62. The first-order chi connectivity index (χ1) is 7.09. The second-order valence-corrected chi connectivity index (χ2v) is 5.56. The topological polar surface area (TPSA) is 24.1 Å². The molecule has 0 radical (unpaired) electrons. The Balaban J connectivity index is 2.09. The molecule has 0 aromatic heterocycles. The van der Waals surface area contributed by atoms with Crippen LogP contribution in [-0.2, 0) is 0 Å². The van der Waals surface area contributed by atoms with E-state index in [-0.39, 0.29) is 0 Å². The smallest absolute Gasteiger partial charge is 0.00822 e. The molecule has 1 rings (SSSR count). The molecule has 0 saturated carbocycles. The molecule has 0 bridgehead atoms. The van der Waals surface area contributed by atoms with E-state index in [1.165, 1.54) is 25.8 Å². The van der Waals surface area contributed by atoms with Crippen LogP contribution in [0.2, 0.25) is 0 Å². The van der Waals surface area contributed by atoms with Crippen molar-refractivity contribution in [2.75, 3.05) is 13.1 Å². The molecular weight excluding hydrogens is 184 g/mol. The van der Waals surface area contributed by atoms with Gasteiger partial charge in [-0.2, -0.15) is 0 Å². The number of nitrogens with one attached hydrogen (secondary N) is 2. The van der Waals surface area contributed by atoms with Crippen LogP contribution in [0.5, 0.6) is 0 Å². The van der Waals surface area contributed by atoms with Gasteiger partial charge < -0.3 is 10.6 Å². The molecule has 0 aromatic carbocycles. The van der Waals surface area contributed by atoms with Crippen molar-refractivity contribution in [2.24, 2.45) is 11.8 Å². The molecule has 2 N–H and O–H groups in total. The molecule has 15 heavy (non-hydrogen) atoms. The summed E-state index contributed by atoms with van der Waals surface area (Å²) in [6.07, 6.45) is 4.01. The van der Waals surface area contributed by atoms with Gasteiger partial charge in [-0.25, -0.2) is 0 Å². The molecule has 2 nitrogen and oxygen atoms in total. The van der Waals surface area contributed by atoms with Crippen LogP contribution in [0.1, 0.15) is 47.0 Å². The molecule has 3 unspecified atom stereocenters. The molecule has 1 fully saturated rings. The third-order valence-electron chi connectivity index (χ3n) is 3.73. The van der Waals surface area contributed by atoms with Crippen LogP contribution in [0.4, 0.5) is 0 Å². The van der Waals surface area contributed by atoms with Crippen molar-refractivity contribution in [3.05, 3.63) is 0 Å². The van der Waals surface area contributed by atoms with E-state index in [2.05, 4.69) is 38.3 Å². The predicted octanol–water partition coefficient (Wildman–Crippen LogP) is 2.40. The predicted molar refractivity (Wildman–Crippen MR) is 67.1 cm³/mol. The minimum Gasteiger partial charge on any atom is -0.314 e. The van der Waals surface area contributed by atoms with Crippen LogP contribution >= 0.6 is 0 Å². The third-order valence-corrected chi connectivity index (χ3v) is 3.73. The Morgan fingerprint density at radius 2 is 2.00 bits per heavy atom. The van der Waals surface area contributed by atoms with Gasteiger partial charge in [0, 0.05) is 12.1 Å². The molecule has 0 spiro atoms. The van der Waals surface area contributed by atoms with Gasteiger partial charge in [0.15, 0.2) is 0 Å². The number of rotatable bonds is 6. The monoisotopic (exact) mass is 212 g/mol. The summed E-state index contributed by atoms with van der Waals surface area (Å²) in [7, 11) is 0. The lowest BCUT2D eigenvalue weighted by Gasteiger charge is -2.22. The van der Waals surface area contributed by atoms with Gasteiger partial charge >= 0.3 is 0 Å². The molecular formula is C13H28N2. The van der Waals surface area contributed by atoms with Crippen molar-refractivity contribution in [2.45, 2.75) is 59.0 Å². The van der Waals surface area contributed by atoms with Crippen molar-refractivity contribution >= 4 is 0 Å². The lowest BCUT2D eigenvalue weighted by atomic mass is 9.97. The fourth-order valence-electron chi connectivity index (χ4n) is 2.09. The normalized spacial score (nSPS) is 25.8. The summed E-state index contributed by atoms with van der Waals surface area (Å²) in [5.41, 5.74) is 0. The average molecular weight is 212 g/mol. The first-order valence-electron chi connectivity index (χ1n) is 6.56. The summed E-state index contributed by atoms with van der Waals surface area (Å²) in [5.74, 6) is 1.57. The van der Waals surface area contributed by atoms with Crippen LogP contribution in [0.25, 0.3) is 0 Å². The lowest BCUT2D eigenvalue weighted by molar-refractivity contribution is 0.354. The zero-order valence-electron chi connectivity index (χ0n) is 10.8. The standard InChI is InChI=1S/C13H28N2/c1-10(2)11(3)9-15-12(4)8-13-6-5-7-14-13/h10-15H,5-9H2,1-4H3. The van der Waals surface area contributed by atoms with Crippen molar-refractivity contribution in [1.29, 1.82) is 0 Å². The van der Waals surface area contributed by atoms with E-state index in [4.69, 9.17) is 0 Å². The van der Waals surface area contributed by atoms with Gasteiger partial charge in [0.25, 0.3) is 0 Å². The summed E-state index contributed by atoms with van der Waals surface area (Å²) < 4.78 is 0. The highest BCUT2D eigenvalue weighted by Gasteiger charge is 2.17. The average Bonchev–Trinajstić information content (AvgIpc) is 2.66. The Labute approximate surface area is 95.2 Å². The largest absolute Gasteiger partial charge is 0.314 e. The Hall–Kier alpha value is -0.0800. The fourth-order valence-corrected chi connectivity index (χ4v) is 2.09. The van der Waals surface area contributed by atoms with Gasteiger partial charge in [-0.3, -0.25) is 0 Å². The maximum atomic E-state index is 3.65. The van der Waals surface area contributed by atoms with Crippen molar-refractivity contribution in [1.82, 2.24) is 10.6 Å². The highest BCUT2D eigenvalue weighted by Crippen LogP contribution is 2.12. The van der Waals surface area contributed by atoms with Crippen LogP contribution in [-0.4, -0.2) is 25.2 Å². The van der Waals surface area contributed by atoms with Crippen molar-refractivity contribution < 1.29 is 0 Å². The molecule has 0 aliphatic carbocycles. The third kappa shape index (κ3) is 4.98. The van der Waals surface area contributed by atoms with E-state index in [1.54, 1.807) is 0 Å². The maximum Gasteiger partial charge on any atom is 0.00822 e. The van der Waals surface area contributed by atoms with Gasteiger partial charge in [0.2, 0.25) is 0 Å². The second-order valence-electron chi connectivity index (χ2n) is 5.56. The van der Waals surface area contributed by atoms with E-state index in [1.807, 2.05) is 0 Å². The van der Waals surface area contributed by atoms with Gasteiger partial charge in [0.1, 0.15) is 0 Å². The Morgan fingerprint density at radius 1 is 1.27 bits per heavy atom. The van der Waals surface area contributed by atoms with Gasteiger partial charge in [-0.15, -0.1) is 0 Å². The van der Waals surface area contributed by atoms with E-state index in [9.17, 15) is 0 Å². The summed E-state index contributed by atoms with van der Waals surface area (Å²) in [6, 6.07) is 1.42. The highest BCUT2D eigenvalue weighted by molar-refractivity contribution is 4.78. The number of hydrogen-bond donors (Lipinski definition) is 2. The van der Waals surface area contributed by atoms with E-state index < -0.39 is 0 Å². The molecule has 1 saturated heterocycles. The summed E-state index contributed by atoms with van der Waals surface area (Å²) in [4.78, 5) is 0. The first kappa shape index (κ1) is 13.0. The van der Waals surface area contributed by atoms with Crippen LogP contribution < -0.4 is 10.6 Å². The van der Waals surface area contributed by atoms with E-state index in [0.29, 0.717) is 6.04 Å². The van der Waals surface area contributed by atoms with Crippen molar-refractivity contribution in [3.8, 4) is 0 Å². The molecule has 1 heterocycles. The molecule has 1 aliphatic heterocycles.